The van der Waals surface area contributed by atoms with Crippen LogP contribution in [0.15, 0.2) is 28.8 Å². The maximum Gasteiger partial charge on any atom is 0.175 e. The molecule has 3 heteroatoms. The van der Waals surface area contributed by atoms with E-state index in [0.29, 0.717) is 5.82 Å². The highest BCUT2D eigenvalue weighted by Gasteiger charge is 2.16. The van der Waals surface area contributed by atoms with E-state index in [1.165, 1.54) is 18.4 Å². The number of rotatable bonds is 5. The van der Waals surface area contributed by atoms with Crippen molar-refractivity contribution < 1.29 is 4.52 Å². The lowest BCUT2D eigenvalue weighted by molar-refractivity contribution is 0.382. The van der Waals surface area contributed by atoms with Gasteiger partial charge in [-0.15, -0.1) is 0 Å². The monoisotopic (exact) mass is 244 g/mol. The molecule has 2 aromatic rings. The second-order valence-electron chi connectivity index (χ2n) is 4.64. The molecule has 0 unspecified atom stereocenters. The van der Waals surface area contributed by atoms with Crippen LogP contribution in [0.2, 0.25) is 0 Å². The largest absolute Gasteiger partial charge is 0.380 e. The summed E-state index contributed by atoms with van der Waals surface area (Å²) in [5.74, 6) is 1.41. The van der Waals surface area contributed by atoms with E-state index in [1.807, 2.05) is 12.1 Å². The van der Waals surface area contributed by atoms with Crippen LogP contribution in [0.3, 0.4) is 0 Å². The molecule has 96 valence electrons. The summed E-state index contributed by atoms with van der Waals surface area (Å²) < 4.78 is 5.38. The fraction of sp³-hybridized carbons (Fsp3) is 0.400. The summed E-state index contributed by atoms with van der Waals surface area (Å²) >= 11 is 0. The zero-order valence-corrected chi connectivity index (χ0v) is 11.1. The summed E-state index contributed by atoms with van der Waals surface area (Å²) in [6.45, 7) is 4.27. The number of hydrogen-bond acceptors (Lipinski definition) is 3. The fourth-order valence-corrected chi connectivity index (χ4v) is 2.19. The quantitative estimate of drug-likeness (QED) is 0.810. The van der Waals surface area contributed by atoms with Gasteiger partial charge in [0.1, 0.15) is 5.76 Å². The first-order valence-corrected chi connectivity index (χ1v) is 6.54. The zero-order chi connectivity index (χ0) is 13.0. The molecule has 0 saturated carbocycles. The number of nitrogens with zero attached hydrogens (tertiary/aromatic N) is 1. The molecule has 1 aromatic heterocycles. The van der Waals surface area contributed by atoms with E-state index in [9.17, 15) is 0 Å². The molecule has 3 nitrogen and oxygen atoms in total. The first kappa shape index (κ1) is 12.7. The molecule has 0 aliphatic rings. The molecular weight excluding hydrogens is 224 g/mol. The molecule has 1 aromatic carbocycles. The molecule has 0 amide bonds. The Balaban J connectivity index is 2.32. The van der Waals surface area contributed by atoms with E-state index in [2.05, 4.69) is 31.1 Å². The third kappa shape index (κ3) is 2.55. The Bertz CT molecular complexity index is 517. The predicted molar refractivity (Wildman–Crippen MR) is 74.3 cm³/mol. The number of unbranched alkanes of at least 4 members (excludes halogenated alkanes) is 2. The maximum atomic E-state index is 5.94. The van der Waals surface area contributed by atoms with Crippen molar-refractivity contribution in [2.24, 2.45) is 0 Å². The first-order chi connectivity index (χ1) is 8.74. The van der Waals surface area contributed by atoms with Gasteiger partial charge in [-0.3, -0.25) is 0 Å². The highest BCUT2D eigenvalue weighted by molar-refractivity contribution is 5.77. The van der Waals surface area contributed by atoms with Crippen LogP contribution < -0.4 is 5.73 Å². The number of nitrogens with two attached hydrogens (primary N) is 1. The number of hydrogen-bond donors (Lipinski definition) is 1. The van der Waals surface area contributed by atoms with Gasteiger partial charge in [-0.1, -0.05) is 49.2 Å². The highest BCUT2D eigenvalue weighted by Crippen LogP contribution is 2.32. The van der Waals surface area contributed by atoms with E-state index in [1.54, 1.807) is 0 Å². The van der Waals surface area contributed by atoms with E-state index in [0.717, 1.165) is 29.7 Å². The van der Waals surface area contributed by atoms with E-state index in [4.69, 9.17) is 10.3 Å². The Morgan fingerprint density at radius 2 is 2.00 bits per heavy atom. The van der Waals surface area contributed by atoms with Gasteiger partial charge in [-0.2, -0.15) is 0 Å². The topological polar surface area (TPSA) is 52.0 Å². The predicted octanol–water partition coefficient (Wildman–Crippen LogP) is 3.96. The zero-order valence-electron chi connectivity index (χ0n) is 11.1. The number of aryl methyl sites for hydroxylation is 2. The van der Waals surface area contributed by atoms with Gasteiger partial charge in [-0.25, -0.2) is 0 Å². The van der Waals surface area contributed by atoms with Crippen molar-refractivity contribution in [1.29, 1.82) is 0 Å². The van der Waals surface area contributed by atoms with Crippen LogP contribution in [0, 0.1) is 6.92 Å². The standard InChI is InChI=1S/C15H20N2O/c1-3-4-5-10-13-14(15(16)17-18-13)12-9-7-6-8-11(12)2/h6-9H,3-5,10H2,1-2H3,(H2,16,17). The fourth-order valence-electron chi connectivity index (χ4n) is 2.19. The van der Waals surface area contributed by atoms with E-state index in [-0.39, 0.29) is 0 Å². The van der Waals surface area contributed by atoms with Crippen LogP contribution in [0.4, 0.5) is 5.82 Å². The second-order valence-corrected chi connectivity index (χ2v) is 4.64. The van der Waals surface area contributed by atoms with Crippen LogP contribution >= 0.6 is 0 Å². The van der Waals surface area contributed by atoms with Crippen LogP contribution in [-0.4, -0.2) is 5.16 Å². The molecule has 0 aliphatic carbocycles. The molecule has 0 spiro atoms. The molecule has 1 heterocycles. The van der Waals surface area contributed by atoms with Crippen LogP contribution in [0.1, 0.15) is 37.5 Å². The molecule has 0 radical (unpaired) electrons. The van der Waals surface area contributed by atoms with Crippen molar-refractivity contribution in [3.05, 3.63) is 35.6 Å². The summed E-state index contributed by atoms with van der Waals surface area (Å²) in [4.78, 5) is 0. The minimum atomic E-state index is 0.496. The average Bonchev–Trinajstić information content (AvgIpc) is 2.72. The maximum absolute atomic E-state index is 5.94. The van der Waals surface area contributed by atoms with Crippen molar-refractivity contribution in [2.75, 3.05) is 5.73 Å². The van der Waals surface area contributed by atoms with Crippen molar-refractivity contribution in [3.63, 3.8) is 0 Å². The van der Waals surface area contributed by atoms with Gasteiger partial charge < -0.3 is 10.3 Å². The second kappa shape index (κ2) is 5.71. The first-order valence-electron chi connectivity index (χ1n) is 6.54. The summed E-state index contributed by atoms with van der Waals surface area (Å²) in [6, 6.07) is 8.20. The minimum Gasteiger partial charge on any atom is -0.380 e. The minimum absolute atomic E-state index is 0.496. The summed E-state index contributed by atoms with van der Waals surface area (Å²) in [5.41, 5.74) is 9.24. The Hall–Kier alpha value is -1.77. The van der Waals surface area contributed by atoms with Gasteiger partial charge in [0, 0.05) is 6.42 Å². The van der Waals surface area contributed by atoms with E-state index >= 15 is 0 Å². The molecule has 18 heavy (non-hydrogen) atoms. The van der Waals surface area contributed by atoms with E-state index < -0.39 is 0 Å². The van der Waals surface area contributed by atoms with Gasteiger partial charge >= 0.3 is 0 Å². The van der Waals surface area contributed by atoms with Gasteiger partial charge in [0.15, 0.2) is 5.82 Å². The molecule has 0 atom stereocenters. The molecule has 2 N–H and O–H groups in total. The summed E-state index contributed by atoms with van der Waals surface area (Å²) in [7, 11) is 0. The Morgan fingerprint density at radius 3 is 2.72 bits per heavy atom. The smallest absolute Gasteiger partial charge is 0.175 e. The number of aromatic nitrogens is 1. The van der Waals surface area contributed by atoms with Crippen molar-refractivity contribution in [3.8, 4) is 11.1 Å². The molecule has 2 rings (SSSR count). The van der Waals surface area contributed by atoms with Crippen molar-refractivity contribution >= 4 is 5.82 Å². The Labute approximate surface area is 108 Å². The van der Waals surface area contributed by atoms with Crippen molar-refractivity contribution in [2.45, 2.75) is 39.5 Å². The Kier molecular flexibility index (Phi) is 4.03. The number of anilines is 1. The van der Waals surface area contributed by atoms with Crippen LogP contribution in [-0.2, 0) is 6.42 Å². The lowest BCUT2D eigenvalue weighted by Crippen LogP contribution is -1.93. The number of benzene rings is 1. The molecular formula is C15H20N2O. The third-order valence-corrected chi connectivity index (χ3v) is 3.21. The van der Waals surface area contributed by atoms with Gasteiger partial charge in [0.2, 0.25) is 0 Å². The van der Waals surface area contributed by atoms with Crippen LogP contribution in [0.5, 0.6) is 0 Å². The normalized spacial score (nSPS) is 10.8. The molecule has 0 saturated heterocycles. The average molecular weight is 244 g/mol. The van der Waals surface area contributed by atoms with Crippen LogP contribution in [0.25, 0.3) is 11.1 Å². The lowest BCUT2D eigenvalue weighted by Gasteiger charge is -2.05. The molecule has 0 aliphatic heterocycles. The lowest BCUT2D eigenvalue weighted by atomic mass is 9.98. The van der Waals surface area contributed by atoms with Gasteiger partial charge in [0.25, 0.3) is 0 Å². The van der Waals surface area contributed by atoms with Gasteiger partial charge in [0.05, 0.1) is 5.56 Å². The summed E-state index contributed by atoms with van der Waals surface area (Å²) in [6.07, 6.45) is 4.42. The third-order valence-electron chi connectivity index (χ3n) is 3.21. The molecule has 0 bridgehead atoms. The SMILES string of the molecule is CCCCCc1onc(N)c1-c1ccccc1C. The number of nitrogen functional groups attached to an aromatic ring is 1. The van der Waals surface area contributed by atoms with Gasteiger partial charge in [-0.05, 0) is 24.5 Å². The van der Waals surface area contributed by atoms with Crippen molar-refractivity contribution in [1.82, 2.24) is 5.16 Å². The highest BCUT2D eigenvalue weighted by atomic mass is 16.5. The summed E-state index contributed by atoms with van der Waals surface area (Å²) in [5, 5.41) is 3.92. The molecule has 0 fully saturated rings. The Morgan fingerprint density at radius 1 is 1.22 bits per heavy atom.